The average Bonchev–Trinajstić information content (AvgIpc) is 2.57. The van der Waals surface area contributed by atoms with E-state index in [-0.39, 0.29) is 5.56 Å². The molecule has 0 spiro atoms. The maximum Gasteiger partial charge on any atom is 0.280 e. The standard InChI is InChI=1S/C17H17N3O2S/c1-11-6-7-15-14(8-11)16(21)20(18)17(19-15)23-10-12-4-3-5-13(9-12)22-2/h3-9H,10,18H2,1-2H3. The van der Waals surface area contributed by atoms with E-state index in [1.165, 1.54) is 11.8 Å². The van der Waals surface area contributed by atoms with Gasteiger partial charge in [-0.15, -0.1) is 0 Å². The lowest BCUT2D eigenvalue weighted by atomic mass is 10.2. The third-order valence-corrected chi connectivity index (χ3v) is 4.55. The van der Waals surface area contributed by atoms with E-state index in [1.807, 2.05) is 49.4 Å². The lowest BCUT2D eigenvalue weighted by molar-refractivity contribution is 0.414. The molecule has 0 saturated heterocycles. The Labute approximate surface area is 138 Å². The largest absolute Gasteiger partial charge is 0.497 e. The molecule has 6 heteroatoms. The maximum atomic E-state index is 12.4. The molecule has 0 fully saturated rings. The summed E-state index contributed by atoms with van der Waals surface area (Å²) in [5, 5.41) is 1.03. The highest BCUT2D eigenvalue weighted by atomic mass is 32.2. The molecule has 118 valence electrons. The van der Waals surface area contributed by atoms with Crippen molar-refractivity contribution in [1.82, 2.24) is 9.66 Å². The van der Waals surface area contributed by atoms with Gasteiger partial charge in [0.1, 0.15) is 5.75 Å². The summed E-state index contributed by atoms with van der Waals surface area (Å²) < 4.78 is 6.33. The summed E-state index contributed by atoms with van der Waals surface area (Å²) in [5.41, 5.74) is 2.52. The second kappa shape index (κ2) is 6.34. The molecular formula is C17H17N3O2S. The van der Waals surface area contributed by atoms with Crippen molar-refractivity contribution >= 4 is 22.7 Å². The van der Waals surface area contributed by atoms with Gasteiger partial charge in [0.05, 0.1) is 18.0 Å². The van der Waals surface area contributed by atoms with Gasteiger partial charge in [-0.25, -0.2) is 9.66 Å². The molecule has 1 aromatic heterocycles. The zero-order valence-corrected chi connectivity index (χ0v) is 13.8. The topological polar surface area (TPSA) is 70.1 Å². The van der Waals surface area contributed by atoms with Crippen LogP contribution in [-0.4, -0.2) is 16.8 Å². The second-order valence-corrected chi connectivity index (χ2v) is 6.17. The summed E-state index contributed by atoms with van der Waals surface area (Å²) in [4.78, 5) is 16.9. The summed E-state index contributed by atoms with van der Waals surface area (Å²) in [5.74, 6) is 7.37. The quantitative estimate of drug-likeness (QED) is 0.453. The van der Waals surface area contributed by atoms with Crippen molar-refractivity contribution < 1.29 is 4.74 Å². The molecule has 0 unspecified atom stereocenters. The van der Waals surface area contributed by atoms with E-state index in [9.17, 15) is 4.79 Å². The molecule has 0 amide bonds. The third kappa shape index (κ3) is 3.17. The summed E-state index contributed by atoms with van der Waals surface area (Å²) >= 11 is 1.42. The van der Waals surface area contributed by atoms with Crippen LogP contribution in [0.15, 0.2) is 52.4 Å². The summed E-state index contributed by atoms with van der Waals surface area (Å²) in [6, 6.07) is 13.4. The zero-order chi connectivity index (χ0) is 16.4. The van der Waals surface area contributed by atoms with E-state index in [2.05, 4.69) is 4.98 Å². The van der Waals surface area contributed by atoms with Gasteiger partial charge >= 0.3 is 0 Å². The number of nitrogens with two attached hydrogens (primary N) is 1. The number of fused-ring (bicyclic) bond motifs is 1. The van der Waals surface area contributed by atoms with Gasteiger partial charge in [-0.05, 0) is 36.8 Å². The van der Waals surface area contributed by atoms with Crippen LogP contribution < -0.4 is 16.1 Å². The molecule has 0 atom stereocenters. The van der Waals surface area contributed by atoms with E-state index in [0.29, 0.717) is 21.8 Å². The van der Waals surface area contributed by atoms with Crippen molar-refractivity contribution in [3.63, 3.8) is 0 Å². The van der Waals surface area contributed by atoms with Crippen molar-refractivity contribution in [2.24, 2.45) is 0 Å². The second-order valence-electron chi connectivity index (χ2n) is 5.23. The predicted molar refractivity (Wildman–Crippen MR) is 93.4 cm³/mol. The van der Waals surface area contributed by atoms with E-state index in [0.717, 1.165) is 21.6 Å². The SMILES string of the molecule is COc1cccc(CSc2nc3ccc(C)cc3c(=O)n2N)c1. The van der Waals surface area contributed by atoms with Crippen LogP contribution in [0.25, 0.3) is 10.9 Å². The molecule has 1 heterocycles. The molecular weight excluding hydrogens is 310 g/mol. The molecule has 3 rings (SSSR count). The molecule has 0 bridgehead atoms. The minimum Gasteiger partial charge on any atom is -0.497 e. The van der Waals surface area contributed by atoms with E-state index in [1.54, 1.807) is 7.11 Å². The number of benzene rings is 2. The first-order valence-corrected chi connectivity index (χ1v) is 8.11. The Hall–Kier alpha value is -2.47. The van der Waals surface area contributed by atoms with E-state index in [4.69, 9.17) is 10.6 Å². The number of hydrogen-bond acceptors (Lipinski definition) is 5. The number of aromatic nitrogens is 2. The fourth-order valence-corrected chi connectivity index (χ4v) is 3.16. The van der Waals surface area contributed by atoms with Crippen molar-refractivity contribution in [3.05, 3.63) is 63.9 Å². The molecule has 23 heavy (non-hydrogen) atoms. The molecule has 2 aromatic carbocycles. The van der Waals surface area contributed by atoms with E-state index < -0.39 is 0 Å². The lowest BCUT2D eigenvalue weighted by Crippen LogP contribution is -2.29. The monoisotopic (exact) mass is 327 g/mol. The van der Waals surface area contributed by atoms with Crippen molar-refractivity contribution in [1.29, 1.82) is 0 Å². The summed E-state index contributed by atoms with van der Waals surface area (Å²) in [7, 11) is 1.64. The number of ether oxygens (including phenoxy) is 1. The minimum absolute atomic E-state index is 0.230. The molecule has 0 aliphatic rings. The van der Waals surface area contributed by atoms with Crippen LogP contribution in [0.2, 0.25) is 0 Å². The molecule has 3 aromatic rings. The van der Waals surface area contributed by atoms with Gasteiger partial charge in [-0.2, -0.15) is 0 Å². The zero-order valence-electron chi connectivity index (χ0n) is 12.9. The number of thioether (sulfide) groups is 1. The Morgan fingerprint density at radius 2 is 2.09 bits per heavy atom. The van der Waals surface area contributed by atoms with Crippen LogP contribution in [-0.2, 0) is 5.75 Å². The molecule has 2 N–H and O–H groups in total. The fourth-order valence-electron chi connectivity index (χ4n) is 2.30. The molecule has 0 aliphatic carbocycles. The minimum atomic E-state index is -0.230. The predicted octanol–water partition coefficient (Wildman–Crippen LogP) is 2.72. The van der Waals surface area contributed by atoms with Gasteiger partial charge in [0, 0.05) is 5.75 Å². The van der Waals surface area contributed by atoms with E-state index >= 15 is 0 Å². The Bertz CT molecular complexity index is 921. The molecule has 5 nitrogen and oxygen atoms in total. The first-order chi connectivity index (χ1) is 11.1. The van der Waals surface area contributed by atoms with Gasteiger partial charge in [0.25, 0.3) is 5.56 Å². The van der Waals surface area contributed by atoms with Crippen LogP contribution in [0, 0.1) is 6.92 Å². The van der Waals surface area contributed by atoms with Crippen LogP contribution in [0.4, 0.5) is 0 Å². The highest BCUT2D eigenvalue weighted by Gasteiger charge is 2.10. The summed E-state index contributed by atoms with van der Waals surface area (Å²) in [6.45, 7) is 1.94. The number of nitrogens with zero attached hydrogens (tertiary/aromatic N) is 2. The van der Waals surface area contributed by atoms with Gasteiger partial charge in [-0.3, -0.25) is 4.79 Å². The van der Waals surface area contributed by atoms with Crippen molar-refractivity contribution in [2.45, 2.75) is 17.8 Å². The fraction of sp³-hybridized carbons (Fsp3) is 0.176. The molecule has 0 aliphatic heterocycles. The third-order valence-electron chi connectivity index (χ3n) is 3.53. The Morgan fingerprint density at radius 3 is 2.87 bits per heavy atom. The van der Waals surface area contributed by atoms with Gasteiger partial charge in [0.15, 0.2) is 5.16 Å². The smallest absolute Gasteiger partial charge is 0.280 e. The maximum absolute atomic E-state index is 12.4. The average molecular weight is 327 g/mol. The Balaban J connectivity index is 1.92. The van der Waals surface area contributed by atoms with Crippen LogP contribution >= 0.6 is 11.8 Å². The molecule has 0 radical (unpaired) electrons. The highest BCUT2D eigenvalue weighted by molar-refractivity contribution is 7.98. The first-order valence-electron chi connectivity index (χ1n) is 7.12. The number of rotatable bonds is 4. The number of hydrogen-bond donors (Lipinski definition) is 1. The number of methoxy groups -OCH3 is 1. The van der Waals surface area contributed by atoms with Gasteiger partial charge in [0.2, 0.25) is 0 Å². The summed E-state index contributed by atoms with van der Waals surface area (Å²) in [6.07, 6.45) is 0. The molecule has 0 saturated carbocycles. The van der Waals surface area contributed by atoms with Gasteiger partial charge in [-0.1, -0.05) is 35.5 Å². The number of nitrogen functional groups attached to an aromatic ring is 1. The normalized spacial score (nSPS) is 10.9. The first kappa shape index (κ1) is 15.4. The van der Waals surface area contributed by atoms with Crippen molar-refractivity contribution in [3.8, 4) is 5.75 Å². The van der Waals surface area contributed by atoms with Gasteiger partial charge < -0.3 is 10.6 Å². The van der Waals surface area contributed by atoms with Crippen LogP contribution in [0.1, 0.15) is 11.1 Å². The Morgan fingerprint density at radius 1 is 1.26 bits per heavy atom. The lowest BCUT2D eigenvalue weighted by Gasteiger charge is -2.09. The van der Waals surface area contributed by atoms with Crippen molar-refractivity contribution in [2.75, 3.05) is 13.0 Å². The highest BCUT2D eigenvalue weighted by Crippen LogP contribution is 2.23. The van der Waals surface area contributed by atoms with Crippen LogP contribution in [0.3, 0.4) is 0 Å². The number of aryl methyl sites for hydroxylation is 1. The Kier molecular flexibility index (Phi) is 4.25. The van der Waals surface area contributed by atoms with Crippen LogP contribution in [0.5, 0.6) is 5.75 Å².